The van der Waals surface area contributed by atoms with Crippen molar-refractivity contribution >= 4 is 29.1 Å². The summed E-state index contributed by atoms with van der Waals surface area (Å²) in [7, 11) is 0. The molecule has 5 N–H and O–H groups in total. The molecule has 2 atom stereocenters. The summed E-state index contributed by atoms with van der Waals surface area (Å²) in [6, 6.07) is 22.3. The van der Waals surface area contributed by atoms with Crippen LogP contribution in [-0.2, 0) is 9.53 Å². The van der Waals surface area contributed by atoms with E-state index in [-0.39, 0.29) is 13.2 Å². The summed E-state index contributed by atoms with van der Waals surface area (Å²) in [5, 5.41) is 23.5. The fraction of sp³-hybridized carbons (Fsp3) is 0.179. The molecule has 0 radical (unpaired) electrons. The van der Waals surface area contributed by atoms with E-state index in [2.05, 4.69) is 10.6 Å². The van der Waals surface area contributed by atoms with Crippen molar-refractivity contribution in [1.82, 2.24) is 0 Å². The lowest BCUT2D eigenvalue weighted by Gasteiger charge is -2.25. The van der Waals surface area contributed by atoms with Gasteiger partial charge in [0.05, 0.1) is 29.6 Å². The molecular weight excluding hydrogens is 472 g/mol. The third kappa shape index (κ3) is 7.85. The predicted octanol–water partition coefficient (Wildman–Crippen LogP) is 4.63. The summed E-state index contributed by atoms with van der Waals surface area (Å²) in [6.07, 6.45) is 1.41. The van der Waals surface area contributed by atoms with Gasteiger partial charge in [-0.05, 0) is 48.5 Å². The number of carbonyl (C=O) groups is 2. The highest BCUT2D eigenvalue weighted by molar-refractivity contribution is 6.01. The van der Waals surface area contributed by atoms with Crippen molar-refractivity contribution in [3.8, 4) is 11.8 Å². The van der Waals surface area contributed by atoms with Crippen LogP contribution in [0, 0.1) is 17.2 Å². The van der Waals surface area contributed by atoms with Crippen LogP contribution in [0.2, 0.25) is 0 Å². The standard InChI is InChI=1S/C28H28N4O5/c1-19(10-15-26(34)32-24-8-4-3-7-23(24)30)27(22-6-2-5-9-25(22)36-17-16-33)37-28(35)31-21-13-11-20(18-29)12-14-21/h2-15,19,27,33H,16-17,30H2,1H3,(H,31,35)(H,32,34)/b15-10+/t19-,27-/m0/s1. The molecule has 9 heteroatoms. The van der Waals surface area contributed by atoms with Crippen LogP contribution in [0.25, 0.3) is 0 Å². The SMILES string of the molecule is C[C@@H](/C=C/C(=O)Nc1ccccc1N)[C@H](OC(=O)Nc1ccc(C#N)cc1)c1ccccc1OCCO. The number of nitrogens with zero attached hydrogens (tertiary/aromatic N) is 1. The Morgan fingerprint density at radius 1 is 1.05 bits per heavy atom. The van der Waals surface area contributed by atoms with Crippen molar-refractivity contribution in [3.63, 3.8) is 0 Å². The molecule has 0 aliphatic heterocycles. The van der Waals surface area contributed by atoms with Gasteiger partial charge in [0.1, 0.15) is 18.5 Å². The number of aliphatic hydroxyl groups excluding tert-OH is 1. The number of rotatable bonds is 10. The average Bonchev–Trinajstić information content (AvgIpc) is 2.91. The number of nitrogen functional groups attached to an aromatic ring is 1. The summed E-state index contributed by atoms with van der Waals surface area (Å²) in [5.41, 5.74) is 8.29. The zero-order valence-corrected chi connectivity index (χ0v) is 20.3. The number of para-hydroxylation sites is 3. The second-order valence-electron chi connectivity index (χ2n) is 8.04. The summed E-state index contributed by atoms with van der Waals surface area (Å²) in [6.45, 7) is 1.67. The summed E-state index contributed by atoms with van der Waals surface area (Å²) in [5.74, 6) is -0.408. The van der Waals surface area contributed by atoms with E-state index < -0.39 is 24.0 Å². The van der Waals surface area contributed by atoms with E-state index in [4.69, 9.17) is 20.5 Å². The third-order valence-corrected chi connectivity index (χ3v) is 5.32. The van der Waals surface area contributed by atoms with Crippen LogP contribution in [0.3, 0.4) is 0 Å². The van der Waals surface area contributed by atoms with E-state index in [0.717, 1.165) is 0 Å². The first-order valence-corrected chi connectivity index (χ1v) is 11.6. The van der Waals surface area contributed by atoms with Gasteiger partial charge in [0.25, 0.3) is 0 Å². The van der Waals surface area contributed by atoms with Crippen LogP contribution in [0.4, 0.5) is 21.9 Å². The lowest BCUT2D eigenvalue weighted by atomic mass is 9.95. The number of nitrogens with one attached hydrogen (secondary N) is 2. The molecule has 37 heavy (non-hydrogen) atoms. The maximum absolute atomic E-state index is 12.8. The minimum absolute atomic E-state index is 0.0618. The molecule has 3 rings (SSSR count). The molecule has 0 bridgehead atoms. The Hall–Kier alpha value is -4.81. The number of aliphatic hydroxyl groups is 1. The van der Waals surface area contributed by atoms with Gasteiger partial charge < -0.3 is 25.6 Å². The Bertz CT molecular complexity index is 1280. The van der Waals surface area contributed by atoms with E-state index in [9.17, 15) is 14.7 Å². The molecule has 0 spiro atoms. The number of hydrogen-bond donors (Lipinski definition) is 4. The largest absolute Gasteiger partial charge is 0.491 e. The molecule has 3 aromatic rings. The van der Waals surface area contributed by atoms with Gasteiger partial charge in [-0.2, -0.15) is 5.26 Å². The number of nitrogens with two attached hydrogens (primary N) is 1. The van der Waals surface area contributed by atoms with Crippen LogP contribution in [0.5, 0.6) is 5.75 Å². The number of carbonyl (C=O) groups excluding carboxylic acids is 2. The first-order chi connectivity index (χ1) is 17.9. The summed E-state index contributed by atoms with van der Waals surface area (Å²) in [4.78, 5) is 25.3. The first-order valence-electron chi connectivity index (χ1n) is 11.6. The van der Waals surface area contributed by atoms with Gasteiger partial charge in [-0.25, -0.2) is 4.79 Å². The average molecular weight is 501 g/mol. The Morgan fingerprint density at radius 2 is 1.76 bits per heavy atom. The van der Waals surface area contributed by atoms with Crippen LogP contribution >= 0.6 is 0 Å². The number of hydrogen-bond acceptors (Lipinski definition) is 7. The normalized spacial score (nSPS) is 12.2. The van der Waals surface area contributed by atoms with Crippen LogP contribution in [-0.4, -0.2) is 30.3 Å². The maximum Gasteiger partial charge on any atom is 0.412 e. The van der Waals surface area contributed by atoms with Gasteiger partial charge in [-0.3, -0.25) is 10.1 Å². The van der Waals surface area contributed by atoms with E-state index in [1.165, 1.54) is 6.08 Å². The van der Waals surface area contributed by atoms with Crippen molar-refractivity contribution in [2.45, 2.75) is 13.0 Å². The maximum atomic E-state index is 12.8. The molecule has 0 unspecified atom stereocenters. The van der Waals surface area contributed by atoms with E-state index in [0.29, 0.717) is 33.9 Å². The lowest BCUT2D eigenvalue weighted by molar-refractivity contribution is -0.111. The predicted molar refractivity (Wildman–Crippen MR) is 141 cm³/mol. The van der Waals surface area contributed by atoms with Crippen LogP contribution < -0.4 is 21.1 Å². The molecular formula is C28H28N4O5. The fourth-order valence-electron chi connectivity index (χ4n) is 3.47. The zero-order valence-electron chi connectivity index (χ0n) is 20.3. The summed E-state index contributed by atoms with van der Waals surface area (Å²) >= 11 is 0. The molecule has 0 aromatic heterocycles. The van der Waals surface area contributed by atoms with Gasteiger partial charge in [0, 0.05) is 17.2 Å². The molecule has 190 valence electrons. The van der Waals surface area contributed by atoms with Gasteiger partial charge in [-0.1, -0.05) is 43.3 Å². The summed E-state index contributed by atoms with van der Waals surface area (Å²) < 4.78 is 11.4. The van der Waals surface area contributed by atoms with Crippen LogP contribution in [0.15, 0.2) is 84.9 Å². The molecule has 0 heterocycles. The highest BCUT2D eigenvalue weighted by Crippen LogP contribution is 2.34. The monoisotopic (exact) mass is 500 g/mol. The highest BCUT2D eigenvalue weighted by Gasteiger charge is 2.26. The molecule has 0 aliphatic rings. The molecule has 0 saturated carbocycles. The Labute approximate surface area is 215 Å². The van der Waals surface area contributed by atoms with Crippen molar-refractivity contribution in [1.29, 1.82) is 5.26 Å². The number of nitriles is 1. The third-order valence-electron chi connectivity index (χ3n) is 5.32. The lowest BCUT2D eigenvalue weighted by Crippen LogP contribution is -2.22. The topological polar surface area (TPSA) is 147 Å². The van der Waals surface area contributed by atoms with Crippen molar-refractivity contribution < 1.29 is 24.2 Å². The van der Waals surface area contributed by atoms with Crippen LogP contribution in [0.1, 0.15) is 24.2 Å². The Kier molecular flexibility index (Phi) is 9.65. The molecule has 3 aromatic carbocycles. The van der Waals surface area contributed by atoms with E-state index in [1.807, 2.05) is 6.07 Å². The van der Waals surface area contributed by atoms with Crippen molar-refractivity contribution in [2.75, 3.05) is 29.6 Å². The molecule has 9 nitrogen and oxygen atoms in total. The van der Waals surface area contributed by atoms with Gasteiger partial charge in [0.2, 0.25) is 5.91 Å². The first kappa shape index (κ1) is 26.8. The van der Waals surface area contributed by atoms with E-state index >= 15 is 0 Å². The fourth-order valence-corrected chi connectivity index (χ4v) is 3.47. The van der Waals surface area contributed by atoms with Gasteiger partial charge in [-0.15, -0.1) is 0 Å². The minimum Gasteiger partial charge on any atom is -0.491 e. The second kappa shape index (κ2) is 13.3. The molecule has 0 fully saturated rings. The van der Waals surface area contributed by atoms with Crippen molar-refractivity contribution in [2.24, 2.45) is 5.92 Å². The van der Waals surface area contributed by atoms with Gasteiger partial charge >= 0.3 is 6.09 Å². The molecule has 2 amide bonds. The Morgan fingerprint density at radius 3 is 2.46 bits per heavy atom. The number of amides is 2. The minimum atomic E-state index is -0.834. The zero-order chi connectivity index (χ0) is 26.6. The quantitative estimate of drug-likeness (QED) is 0.234. The number of ether oxygens (including phenoxy) is 2. The molecule has 0 aliphatic carbocycles. The van der Waals surface area contributed by atoms with Crippen molar-refractivity contribution in [3.05, 3.63) is 96.1 Å². The second-order valence-corrected chi connectivity index (χ2v) is 8.04. The van der Waals surface area contributed by atoms with Gasteiger partial charge in [0.15, 0.2) is 0 Å². The number of benzene rings is 3. The smallest absolute Gasteiger partial charge is 0.412 e. The Balaban J connectivity index is 1.80. The highest BCUT2D eigenvalue weighted by atomic mass is 16.6. The van der Waals surface area contributed by atoms with E-state index in [1.54, 1.807) is 85.8 Å². The molecule has 0 saturated heterocycles. The number of anilines is 3.